The number of carbonyl (C=O) groups excluding carboxylic acids is 1. The maximum atomic E-state index is 12.8. The third kappa shape index (κ3) is 4.46. The van der Waals surface area contributed by atoms with Gasteiger partial charge in [-0.05, 0) is 55.5 Å². The van der Waals surface area contributed by atoms with Gasteiger partial charge in [0.15, 0.2) is 0 Å². The van der Waals surface area contributed by atoms with E-state index in [9.17, 15) is 18.0 Å². The molecule has 3 aromatic rings. The first-order valence-electron chi connectivity index (χ1n) is 8.14. The van der Waals surface area contributed by atoms with E-state index in [0.717, 1.165) is 23.4 Å². The first-order chi connectivity index (χ1) is 12.9. The zero-order valence-electron chi connectivity index (χ0n) is 14.3. The van der Waals surface area contributed by atoms with Crippen molar-refractivity contribution in [2.75, 3.05) is 11.9 Å². The van der Waals surface area contributed by atoms with E-state index < -0.39 is 17.6 Å². The standard InChI is InChI=1S/C19H16F3N3O2/c1-2-27-15-8-6-12(7-9-15)16-11-17(25-24-16)18(26)23-14-5-3-4-13(10-14)19(20,21)22/h3-11H,2H2,1H3,(H,23,26)(H,24,25). The quantitative estimate of drug-likeness (QED) is 0.676. The van der Waals surface area contributed by atoms with Gasteiger partial charge in [0.2, 0.25) is 0 Å². The molecule has 0 radical (unpaired) electrons. The highest BCUT2D eigenvalue weighted by atomic mass is 19.4. The molecule has 0 aliphatic carbocycles. The lowest BCUT2D eigenvalue weighted by atomic mass is 10.1. The second-order valence-corrected chi connectivity index (χ2v) is 5.66. The molecule has 0 saturated carbocycles. The molecule has 140 valence electrons. The van der Waals surface area contributed by atoms with E-state index >= 15 is 0 Å². The number of carbonyl (C=O) groups is 1. The van der Waals surface area contributed by atoms with Crippen molar-refractivity contribution in [3.8, 4) is 17.0 Å². The van der Waals surface area contributed by atoms with Gasteiger partial charge in [-0.15, -0.1) is 0 Å². The van der Waals surface area contributed by atoms with Gasteiger partial charge in [-0.1, -0.05) is 6.07 Å². The molecule has 1 amide bonds. The Bertz CT molecular complexity index is 934. The average molecular weight is 375 g/mol. The van der Waals surface area contributed by atoms with Gasteiger partial charge in [-0.2, -0.15) is 18.3 Å². The Morgan fingerprint density at radius 2 is 1.89 bits per heavy atom. The summed E-state index contributed by atoms with van der Waals surface area (Å²) in [5.41, 5.74) is 0.656. The summed E-state index contributed by atoms with van der Waals surface area (Å²) in [5.74, 6) is 0.137. The Hall–Kier alpha value is -3.29. The van der Waals surface area contributed by atoms with Gasteiger partial charge in [-0.3, -0.25) is 9.89 Å². The first-order valence-corrected chi connectivity index (χ1v) is 8.14. The lowest BCUT2D eigenvalue weighted by molar-refractivity contribution is -0.137. The van der Waals surface area contributed by atoms with Crippen LogP contribution >= 0.6 is 0 Å². The predicted octanol–water partition coefficient (Wildman–Crippen LogP) is 4.75. The first kappa shape index (κ1) is 18.5. The van der Waals surface area contributed by atoms with Crippen LogP contribution in [0.15, 0.2) is 54.6 Å². The molecule has 1 heterocycles. The van der Waals surface area contributed by atoms with E-state index in [1.165, 1.54) is 18.2 Å². The highest BCUT2D eigenvalue weighted by Gasteiger charge is 2.30. The fourth-order valence-electron chi connectivity index (χ4n) is 2.45. The van der Waals surface area contributed by atoms with Crippen LogP contribution in [0.1, 0.15) is 23.0 Å². The Morgan fingerprint density at radius 3 is 2.56 bits per heavy atom. The number of aromatic nitrogens is 2. The van der Waals surface area contributed by atoms with E-state index in [4.69, 9.17) is 4.74 Å². The molecule has 0 aliphatic heterocycles. The Kier molecular flexibility index (Phi) is 5.16. The van der Waals surface area contributed by atoms with Crippen LogP contribution in [0.5, 0.6) is 5.75 Å². The molecule has 2 aromatic carbocycles. The van der Waals surface area contributed by atoms with Crippen LogP contribution in [0, 0.1) is 0 Å². The number of halogens is 3. The van der Waals surface area contributed by atoms with Gasteiger partial charge in [0.25, 0.3) is 5.91 Å². The number of nitrogens with zero attached hydrogens (tertiary/aromatic N) is 1. The van der Waals surface area contributed by atoms with E-state index in [2.05, 4.69) is 15.5 Å². The molecule has 3 rings (SSSR count). The normalized spacial score (nSPS) is 11.3. The summed E-state index contributed by atoms with van der Waals surface area (Å²) in [6.45, 7) is 2.44. The average Bonchev–Trinajstić information content (AvgIpc) is 3.12. The van der Waals surface area contributed by atoms with Crippen molar-refractivity contribution >= 4 is 11.6 Å². The minimum atomic E-state index is -4.48. The molecule has 0 atom stereocenters. The van der Waals surface area contributed by atoms with Gasteiger partial charge in [0.1, 0.15) is 11.4 Å². The number of anilines is 1. The molecule has 0 fully saturated rings. The monoisotopic (exact) mass is 375 g/mol. The Morgan fingerprint density at radius 1 is 1.15 bits per heavy atom. The zero-order valence-corrected chi connectivity index (χ0v) is 14.3. The molecule has 27 heavy (non-hydrogen) atoms. The Labute approximate surface area is 153 Å². The van der Waals surface area contributed by atoms with Gasteiger partial charge in [-0.25, -0.2) is 0 Å². The molecule has 5 nitrogen and oxygen atoms in total. The maximum absolute atomic E-state index is 12.8. The van der Waals surface area contributed by atoms with Crippen LogP contribution in [0.4, 0.5) is 18.9 Å². The van der Waals surface area contributed by atoms with Crippen LogP contribution < -0.4 is 10.1 Å². The number of hydrogen-bond acceptors (Lipinski definition) is 3. The van der Waals surface area contributed by atoms with Crippen molar-refractivity contribution in [1.82, 2.24) is 10.2 Å². The van der Waals surface area contributed by atoms with Crippen molar-refractivity contribution in [2.45, 2.75) is 13.1 Å². The minimum absolute atomic E-state index is 0.0482. The number of alkyl halides is 3. The van der Waals surface area contributed by atoms with Gasteiger partial charge < -0.3 is 10.1 Å². The van der Waals surface area contributed by atoms with E-state index in [1.807, 2.05) is 6.92 Å². The summed E-state index contributed by atoms with van der Waals surface area (Å²) in [4.78, 5) is 12.3. The highest BCUT2D eigenvalue weighted by Crippen LogP contribution is 2.30. The SMILES string of the molecule is CCOc1ccc(-c2cc(C(=O)Nc3cccc(C(F)(F)F)c3)[nH]n2)cc1. The number of rotatable bonds is 5. The molecular formula is C19H16F3N3O2. The van der Waals surface area contributed by atoms with Gasteiger partial charge in [0, 0.05) is 11.3 Å². The number of hydrogen-bond donors (Lipinski definition) is 2. The molecule has 1 aromatic heterocycles. The second-order valence-electron chi connectivity index (χ2n) is 5.66. The van der Waals surface area contributed by atoms with Crippen LogP contribution in [0.25, 0.3) is 11.3 Å². The number of benzene rings is 2. The summed E-state index contributed by atoms with van der Waals surface area (Å²) in [6.07, 6.45) is -4.48. The molecule has 0 spiro atoms. The summed E-state index contributed by atoms with van der Waals surface area (Å²) in [5, 5.41) is 9.10. The maximum Gasteiger partial charge on any atom is 0.416 e. The fourth-order valence-corrected chi connectivity index (χ4v) is 2.45. The molecule has 0 saturated heterocycles. The molecule has 0 aliphatic rings. The van der Waals surface area contributed by atoms with Crippen molar-refractivity contribution in [2.24, 2.45) is 0 Å². The number of nitrogens with one attached hydrogen (secondary N) is 2. The topological polar surface area (TPSA) is 67.0 Å². The number of amides is 1. The smallest absolute Gasteiger partial charge is 0.416 e. The lowest BCUT2D eigenvalue weighted by Crippen LogP contribution is -2.13. The summed E-state index contributed by atoms with van der Waals surface area (Å²) >= 11 is 0. The Balaban J connectivity index is 1.73. The van der Waals surface area contributed by atoms with Crippen LogP contribution in [-0.4, -0.2) is 22.7 Å². The van der Waals surface area contributed by atoms with Crippen molar-refractivity contribution in [3.63, 3.8) is 0 Å². The molecule has 0 bridgehead atoms. The third-order valence-corrected chi connectivity index (χ3v) is 3.73. The largest absolute Gasteiger partial charge is 0.494 e. The van der Waals surface area contributed by atoms with Crippen LogP contribution in [0.2, 0.25) is 0 Å². The van der Waals surface area contributed by atoms with E-state index in [0.29, 0.717) is 12.3 Å². The highest BCUT2D eigenvalue weighted by molar-refractivity contribution is 6.03. The van der Waals surface area contributed by atoms with E-state index in [1.54, 1.807) is 24.3 Å². The number of H-pyrrole nitrogens is 1. The summed E-state index contributed by atoms with van der Waals surface area (Å²) in [7, 11) is 0. The fraction of sp³-hybridized carbons (Fsp3) is 0.158. The predicted molar refractivity (Wildman–Crippen MR) is 94.6 cm³/mol. The zero-order chi connectivity index (χ0) is 19.4. The molecule has 2 N–H and O–H groups in total. The molecule has 8 heteroatoms. The number of aromatic amines is 1. The minimum Gasteiger partial charge on any atom is -0.494 e. The van der Waals surface area contributed by atoms with Crippen LogP contribution in [0.3, 0.4) is 0 Å². The lowest BCUT2D eigenvalue weighted by Gasteiger charge is -2.09. The van der Waals surface area contributed by atoms with Crippen molar-refractivity contribution < 1.29 is 22.7 Å². The summed E-state index contributed by atoms with van der Waals surface area (Å²) < 4.78 is 43.6. The van der Waals surface area contributed by atoms with E-state index in [-0.39, 0.29) is 11.4 Å². The van der Waals surface area contributed by atoms with Gasteiger partial charge >= 0.3 is 6.18 Å². The molecule has 0 unspecified atom stereocenters. The van der Waals surface area contributed by atoms with Gasteiger partial charge in [0.05, 0.1) is 17.9 Å². The van der Waals surface area contributed by atoms with Crippen LogP contribution in [-0.2, 0) is 6.18 Å². The second kappa shape index (κ2) is 7.53. The number of ether oxygens (including phenoxy) is 1. The molecular weight excluding hydrogens is 359 g/mol. The van der Waals surface area contributed by atoms with Crippen molar-refractivity contribution in [1.29, 1.82) is 0 Å². The third-order valence-electron chi connectivity index (χ3n) is 3.73. The van der Waals surface area contributed by atoms with Crippen molar-refractivity contribution in [3.05, 3.63) is 65.9 Å². The summed E-state index contributed by atoms with van der Waals surface area (Å²) in [6, 6.07) is 13.1.